The number of carbonyl (C=O) groups is 1. The van der Waals surface area contributed by atoms with E-state index in [2.05, 4.69) is 10.6 Å². The molecule has 0 saturated heterocycles. The Labute approximate surface area is 135 Å². The molecule has 0 aliphatic rings. The number of nitrogens with one attached hydrogen (secondary N) is 2. The van der Waals surface area contributed by atoms with Crippen LogP contribution in [0.5, 0.6) is 5.75 Å². The number of amides is 1. The van der Waals surface area contributed by atoms with Gasteiger partial charge in [0.25, 0.3) is 0 Å². The molecule has 0 bridgehead atoms. The largest absolute Gasteiger partial charge is 0.489 e. The number of carbonyl (C=O) groups excluding carboxylic acids is 1. The Kier molecular flexibility index (Phi) is 7.00. The topological polar surface area (TPSA) is 72.7 Å². The van der Waals surface area contributed by atoms with Crippen LogP contribution in [-0.2, 0) is 16.1 Å². The zero-order valence-electron chi connectivity index (χ0n) is 13.2. The lowest BCUT2D eigenvalue weighted by atomic mass is 10.3. The lowest BCUT2D eigenvalue weighted by Crippen LogP contribution is -2.29. The minimum Gasteiger partial charge on any atom is -0.489 e. The molecule has 0 spiro atoms. The van der Waals surface area contributed by atoms with Crippen molar-refractivity contribution in [3.63, 3.8) is 0 Å². The van der Waals surface area contributed by atoms with Gasteiger partial charge in [0.15, 0.2) is 0 Å². The van der Waals surface area contributed by atoms with E-state index in [0.29, 0.717) is 32.1 Å². The van der Waals surface area contributed by atoms with Crippen LogP contribution >= 0.6 is 0 Å². The van der Waals surface area contributed by atoms with Gasteiger partial charge in [0, 0.05) is 6.61 Å². The van der Waals surface area contributed by atoms with E-state index in [4.69, 9.17) is 13.9 Å². The lowest BCUT2D eigenvalue weighted by Gasteiger charge is -2.13. The lowest BCUT2D eigenvalue weighted by molar-refractivity contribution is -0.119. The molecule has 1 aromatic heterocycles. The Morgan fingerprint density at radius 3 is 2.83 bits per heavy atom. The molecule has 0 aliphatic heterocycles. The summed E-state index contributed by atoms with van der Waals surface area (Å²) < 4.78 is 16.1. The highest BCUT2D eigenvalue weighted by atomic mass is 16.5. The fraction of sp³-hybridized carbons (Fsp3) is 0.353. The molecule has 1 aromatic carbocycles. The maximum Gasteiger partial charge on any atom is 0.239 e. The zero-order chi connectivity index (χ0) is 16.3. The van der Waals surface area contributed by atoms with Gasteiger partial charge in [0.05, 0.1) is 31.6 Å². The number of rotatable bonds is 10. The number of ether oxygens (including phenoxy) is 2. The standard InChI is InChI=1S/C17H22N2O4/c1-2-21-10-11-23-16-8-4-3-7-15(16)18-13-17(20)19-12-14-6-5-9-22-14/h3-9,18H,2,10-13H2,1H3,(H,19,20). The van der Waals surface area contributed by atoms with Gasteiger partial charge in [-0.2, -0.15) is 0 Å². The summed E-state index contributed by atoms with van der Waals surface area (Å²) in [5.41, 5.74) is 0.775. The molecule has 2 aromatic rings. The van der Waals surface area contributed by atoms with Crippen LogP contribution < -0.4 is 15.4 Å². The first-order valence-corrected chi connectivity index (χ1v) is 7.62. The average molecular weight is 318 g/mol. The van der Waals surface area contributed by atoms with Gasteiger partial charge >= 0.3 is 0 Å². The van der Waals surface area contributed by atoms with E-state index in [0.717, 1.165) is 11.4 Å². The first kappa shape index (κ1) is 16.9. The van der Waals surface area contributed by atoms with E-state index in [1.807, 2.05) is 37.3 Å². The molecule has 0 saturated carbocycles. The molecule has 6 nitrogen and oxygen atoms in total. The Morgan fingerprint density at radius 1 is 1.17 bits per heavy atom. The second-order valence-electron chi connectivity index (χ2n) is 4.75. The second-order valence-corrected chi connectivity index (χ2v) is 4.75. The van der Waals surface area contributed by atoms with Crippen molar-refractivity contribution in [3.05, 3.63) is 48.4 Å². The Hall–Kier alpha value is -2.47. The summed E-state index contributed by atoms with van der Waals surface area (Å²) in [4.78, 5) is 11.8. The highest BCUT2D eigenvalue weighted by Gasteiger charge is 2.06. The van der Waals surface area contributed by atoms with Crippen LogP contribution in [-0.4, -0.2) is 32.3 Å². The molecule has 0 aliphatic carbocycles. The van der Waals surface area contributed by atoms with Crippen molar-refractivity contribution in [1.29, 1.82) is 0 Å². The van der Waals surface area contributed by atoms with Crippen LogP contribution in [0.1, 0.15) is 12.7 Å². The summed E-state index contributed by atoms with van der Waals surface area (Å²) in [5.74, 6) is 1.30. The van der Waals surface area contributed by atoms with Gasteiger partial charge in [-0.05, 0) is 31.2 Å². The summed E-state index contributed by atoms with van der Waals surface area (Å²) >= 11 is 0. The number of hydrogen-bond donors (Lipinski definition) is 2. The Bertz CT molecular complexity index is 584. The van der Waals surface area contributed by atoms with E-state index in [9.17, 15) is 4.79 Å². The number of para-hydroxylation sites is 2. The molecule has 2 rings (SSSR count). The van der Waals surface area contributed by atoms with E-state index >= 15 is 0 Å². The first-order chi connectivity index (χ1) is 11.3. The van der Waals surface area contributed by atoms with E-state index in [-0.39, 0.29) is 12.5 Å². The molecular formula is C17H22N2O4. The minimum atomic E-state index is -0.120. The number of furan rings is 1. The van der Waals surface area contributed by atoms with E-state index in [1.54, 1.807) is 12.3 Å². The third-order valence-corrected chi connectivity index (χ3v) is 3.06. The SMILES string of the molecule is CCOCCOc1ccccc1NCC(=O)NCc1ccco1. The van der Waals surface area contributed by atoms with Crippen LogP contribution in [0.4, 0.5) is 5.69 Å². The van der Waals surface area contributed by atoms with E-state index < -0.39 is 0 Å². The molecule has 124 valence electrons. The quantitative estimate of drug-likeness (QED) is 0.658. The zero-order valence-corrected chi connectivity index (χ0v) is 13.2. The molecule has 0 unspecified atom stereocenters. The van der Waals surface area contributed by atoms with Crippen molar-refractivity contribution in [2.45, 2.75) is 13.5 Å². The summed E-state index contributed by atoms with van der Waals surface area (Å²) in [6, 6.07) is 11.1. The number of benzene rings is 1. The molecule has 23 heavy (non-hydrogen) atoms. The van der Waals surface area contributed by atoms with Gasteiger partial charge in [-0.1, -0.05) is 12.1 Å². The third-order valence-electron chi connectivity index (χ3n) is 3.06. The maximum atomic E-state index is 11.8. The number of anilines is 1. The van der Waals surface area contributed by atoms with Crippen LogP contribution in [0.15, 0.2) is 47.1 Å². The molecule has 1 heterocycles. The molecular weight excluding hydrogens is 296 g/mol. The van der Waals surface area contributed by atoms with Gasteiger partial charge in [-0.25, -0.2) is 0 Å². The van der Waals surface area contributed by atoms with Gasteiger partial charge in [0.2, 0.25) is 5.91 Å². The van der Waals surface area contributed by atoms with Crippen molar-refractivity contribution in [2.75, 3.05) is 31.7 Å². The van der Waals surface area contributed by atoms with Crippen LogP contribution in [0, 0.1) is 0 Å². The van der Waals surface area contributed by atoms with E-state index in [1.165, 1.54) is 0 Å². The molecule has 6 heteroatoms. The smallest absolute Gasteiger partial charge is 0.239 e. The molecule has 1 amide bonds. The van der Waals surface area contributed by atoms with Crippen molar-refractivity contribution in [1.82, 2.24) is 5.32 Å². The molecule has 0 fully saturated rings. The van der Waals surface area contributed by atoms with Crippen LogP contribution in [0.3, 0.4) is 0 Å². The van der Waals surface area contributed by atoms with Gasteiger partial charge in [0.1, 0.15) is 18.1 Å². The highest BCUT2D eigenvalue weighted by molar-refractivity contribution is 5.81. The minimum absolute atomic E-state index is 0.120. The Morgan fingerprint density at radius 2 is 2.04 bits per heavy atom. The van der Waals surface area contributed by atoms with Crippen molar-refractivity contribution in [2.24, 2.45) is 0 Å². The van der Waals surface area contributed by atoms with Crippen molar-refractivity contribution < 1.29 is 18.7 Å². The van der Waals surface area contributed by atoms with Crippen molar-refractivity contribution in [3.8, 4) is 5.75 Å². The molecule has 2 N–H and O–H groups in total. The van der Waals surface area contributed by atoms with Gasteiger partial charge in [-0.15, -0.1) is 0 Å². The van der Waals surface area contributed by atoms with Crippen LogP contribution in [0.2, 0.25) is 0 Å². The normalized spacial score (nSPS) is 10.3. The fourth-order valence-corrected chi connectivity index (χ4v) is 1.93. The molecule has 0 atom stereocenters. The summed E-state index contributed by atoms with van der Waals surface area (Å²) in [6.45, 7) is 4.15. The highest BCUT2D eigenvalue weighted by Crippen LogP contribution is 2.23. The third kappa shape index (κ3) is 6.04. The predicted octanol–water partition coefficient (Wildman–Crippen LogP) is 2.42. The predicted molar refractivity (Wildman–Crippen MR) is 87.5 cm³/mol. The first-order valence-electron chi connectivity index (χ1n) is 7.62. The Balaban J connectivity index is 1.76. The summed E-state index contributed by atoms with van der Waals surface area (Å²) in [5, 5.41) is 5.85. The maximum absolute atomic E-state index is 11.8. The van der Waals surface area contributed by atoms with Gasteiger partial charge in [-0.3, -0.25) is 4.79 Å². The summed E-state index contributed by atoms with van der Waals surface area (Å²) in [7, 11) is 0. The van der Waals surface area contributed by atoms with Crippen molar-refractivity contribution >= 4 is 11.6 Å². The molecule has 0 radical (unpaired) electrons. The number of hydrogen-bond acceptors (Lipinski definition) is 5. The second kappa shape index (κ2) is 9.53. The summed E-state index contributed by atoms with van der Waals surface area (Å²) in [6.07, 6.45) is 1.58. The fourth-order valence-electron chi connectivity index (χ4n) is 1.93. The van der Waals surface area contributed by atoms with Gasteiger partial charge < -0.3 is 24.5 Å². The van der Waals surface area contributed by atoms with Crippen LogP contribution in [0.25, 0.3) is 0 Å². The monoisotopic (exact) mass is 318 g/mol. The average Bonchev–Trinajstić information content (AvgIpc) is 3.09.